The van der Waals surface area contributed by atoms with Crippen LogP contribution in [0.3, 0.4) is 0 Å². The molecule has 0 bridgehead atoms. The van der Waals surface area contributed by atoms with E-state index in [-0.39, 0.29) is 17.4 Å². The fraction of sp³-hybridized carbons (Fsp3) is 0.562. The second-order valence-electron chi connectivity index (χ2n) is 6.10. The molecule has 2 unspecified atom stereocenters. The Balaban J connectivity index is 2.13. The summed E-state index contributed by atoms with van der Waals surface area (Å²) in [5.74, 6) is 0.956. The van der Waals surface area contributed by atoms with Crippen LogP contribution in [0.4, 0.5) is 0 Å². The minimum atomic E-state index is 0.0586. The molecule has 0 aliphatic heterocycles. The van der Waals surface area contributed by atoms with Crippen molar-refractivity contribution in [2.75, 3.05) is 0 Å². The van der Waals surface area contributed by atoms with Crippen LogP contribution in [-0.2, 0) is 5.41 Å². The number of benzene rings is 1. The topological polar surface area (TPSA) is 33.0 Å². The molecule has 1 aliphatic rings. The minimum Gasteiger partial charge on any atom is -0.489 e. The number of hydrogen-bond acceptors (Lipinski definition) is 2. The largest absolute Gasteiger partial charge is 0.489 e. The van der Waals surface area contributed by atoms with Gasteiger partial charge in [-0.2, -0.15) is 5.26 Å². The summed E-state index contributed by atoms with van der Waals surface area (Å²) >= 11 is 0. The number of hydrogen-bond donors (Lipinski definition) is 0. The molecule has 1 fully saturated rings. The molecule has 0 aromatic heterocycles. The van der Waals surface area contributed by atoms with Crippen LogP contribution >= 0.6 is 0 Å². The Morgan fingerprint density at radius 2 is 2.06 bits per heavy atom. The van der Waals surface area contributed by atoms with Gasteiger partial charge in [0.05, 0.1) is 12.0 Å². The fourth-order valence-electron chi connectivity index (χ4n) is 2.43. The van der Waals surface area contributed by atoms with E-state index in [1.165, 1.54) is 5.56 Å². The van der Waals surface area contributed by atoms with Crippen molar-refractivity contribution < 1.29 is 4.74 Å². The van der Waals surface area contributed by atoms with Crippen molar-refractivity contribution in [3.05, 3.63) is 29.8 Å². The van der Waals surface area contributed by atoms with Crippen LogP contribution in [0.5, 0.6) is 5.75 Å². The van der Waals surface area contributed by atoms with E-state index in [2.05, 4.69) is 39.0 Å². The second-order valence-corrected chi connectivity index (χ2v) is 6.10. The predicted octanol–water partition coefficient (Wildman–Crippen LogP) is 4.06. The summed E-state index contributed by atoms with van der Waals surface area (Å²) in [6.45, 7) is 6.58. The van der Waals surface area contributed by atoms with E-state index in [0.717, 1.165) is 25.0 Å². The molecule has 1 aromatic rings. The van der Waals surface area contributed by atoms with Gasteiger partial charge in [-0.3, -0.25) is 0 Å². The van der Waals surface area contributed by atoms with Gasteiger partial charge in [-0.05, 0) is 42.4 Å². The Morgan fingerprint density at radius 1 is 1.28 bits per heavy atom. The molecule has 2 heteroatoms. The van der Waals surface area contributed by atoms with E-state index in [1.807, 2.05) is 12.1 Å². The molecule has 1 aliphatic carbocycles. The first-order valence-electron chi connectivity index (χ1n) is 6.67. The summed E-state index contributed by atoms with van der Waals surface area (Å²) in [5.41, 5.74) is 1.40. The average molecular weight is 243 g/mol. The van der Waals surface area contributed by atoms with Gasteiger partial charge in [0.15, 0.2) is 0 Å². The monoisotopic (exact) mass is 243 g/mol. The van der Waals surface area contributed by atoms with Gasteiger partial charge < -0.3 is 4.74 Å². The molecule has 0 radical (unpaired) electrons. The Hall–Kier alpha value is -1.49. The number of rotatable bonds is 2. The molecule has 0 spiro atoms. The molecule has 0 amide bonds. The molecule has 0 heterocycles. The van der Waals surface area contributed by atoms with Crippen LogP contribution in [0.25, 0.3) is 0 Å². The molecule has 2 nitrogen and oxygen atoms in total. The Morgan fingerprint density at radius 3 is 2.72 bits per heavy atom. The zero-order chi connectivity index (χ0) is 13.2. The third kappa shape index (κ3) is 2.85. The first kappa shape index (κ1) is 13.0. The molecule has 18 heavy (non-hydrogen) atoms. The maximum Gasteiger partial charge on any atom is 0.120 e. The summed E-state index contributed by atoms with van der Waals surface area (Å²) in [7, 11) is 0. The van der Waals surface area contributed by atoms with Crippen LogP contribution in [-0.4, -0.2) is 6.10 Å². The second kappa shape index (κ2) is 5.02. The van der Waals surface area contributed by atoms with Crippen molar-refractivity contribution >= 4 is 0 Å². The molecule has 1 saturated carbocycles. The fourth-order valence-corrected chi connectivity index (χ4v) is 2.43. The van der Waals surface area contributed by atoms with Gasteiger partial charge in [0, 0.05) is 0 Å². The Kier molecular flexibility index (Phi) is 3.61. The molecular formula is C16H21NO. The zero-order valence-corrected chi connectivity index (χ0v) is 11.4. The molecular weight excluding hydrogens is 222 g/mol. The van der Waals surface area contributed by atoms with Crippen molar-refractivity contribution in [2.45, 2.75) is 51.6 Å². The lowest BCUT2D eigenvalue weighted by Gasteiger charge is -2.21. The Bertz CT molecular complexity index is 453. The highest BCUT2D eigenvalue weighted by Gasteiger charge is 2.29. The highest BCUT2D eigenvalue weighted by atomic mass is 16.5. The lowest BCUT2D eigenvalue weighted by molar-refractivity contribution is 0.182. The molecule has 0 saturated heterocycles. The summed E-state index contributed by atoms with van der Waals surface area (Å²) in [6, 6.07) is 10.6. The van der Waals surface area contributed by atoms with Crippen LogP contribution in [0.15, 0.2) is 24.3 Å². The van der Waals surface area contributed by atoms with Gasteiger partial charge in [-0.25, -0.2) is 0 Å². The van der Waals surface area contributed by atoms with E-state index in [0.29, 0.717) is 0 Å². The number of ether oxygens (including phenoxy) is 1. The van der Waals surface area contributed by atoms with Crippen LogP contribution in [0.1, 0.15) is 45.6 Å². The molecule has 0 N–H and O–H groups in total. The molecule has 2 rings (SSSR count). The van der Waals surface area contributed by atoms with Gasteiger partial charge in [0.25, 0.3) is 0 Å². The summed E-state index contributed by atoms with van der Waals surface area (Å²) in [6.07, 6.45) is 3.14. The lowest BCUT2D eigenvalue weighted by Crippen LogP contribution is -2.20. The Labute approximate surface area is 110 Å². The maximum atomic E-state index is 9.07. The first-order chi connectivity index (χ1) is 8.50. The third-order valence-electron chi connectivity index (χ3n) is 3.61. The summed E-state index contributed by atoms with van der Waals surface area (Å²) in [4.78, 5) is 0. The van der Waals surface area contributed by atoms with Gasteiger partial charge in [-0.1, -0.05) is 32.9 Å². The minimum absolute atomic E-state index is 0.0586. The van der Waals surface area contributed by atoms with E-state index in [9.17, 15) is 0 Å². The van der Waals surface area contributed by atoms with Crippen molar-refractivity contribution in [3.8, 4) is 11.8 Å². The van der Waals surface area contributed by atoms with E-state index in [1.54, 1.807) is 0 Å². The SMILES string of the molecule is CC(C)(C)c1cccc(OC2CCCC2C#N)c1. The van der Waals surface area contributed by atoms with Gasteiger partial charge in [0.2, 0.25) is 0 Å². The van der Waals surface area contributed by atoms with Crippen molar-refractivity contribution in [2.24, 2.45) is 5.92 Å². The van der Waals surface area contributed by atoms with Crippen molar-refractivity contribution in [1.82, 2.24) is 0 Å². The predicted molar refractivity (Wildman–Crippen MR) is 72.5 cm³/mol. The standard InChI is InChI=1S/C16H21NO/c1-16(2,3)13-7-5-8-14(10-13)18-15-9-4-6-12(15)11-17/h5,7-8,10,12,15H,4,6,9H2,1-3H3. The normalized spacial score (nSPS) is 23.7. The quantitative estimate of drug-likeness (QED) is 0.785. The molecule has 2 atom stereocenters. The van der Waals surface area contributed by atoms with Gasteiger partial charge >= 0.3 is 0 Å². The maximum absolute atomic E-state index is 9.07. The number of nitrogens with zero attached hydrogens (tertiary/aromatic N) is 1. The van der Waals surface area contributed by atoms with E-state index < -0.39 is 0 Å². The lowest BCUT2D eigenvalue weighted by atomic mass is 9.87. The smallest absolute Gasteiger partial charge is 0.120 e. The molecule has 1 aromatic carbocycles. The van der Waals surface area contributed by atoms with Gasteiger partial charge in [-0.15, -0.1) is 0 Å². The van der Waals surface area contributed by atoms with Crippen LogP contribution in [0.2, 0.25) is 0 Å². The van der Waals surface area contributed by atoms with Crippen molar-refractivity contribution in [1.29, 1.82) is 5.26 Å². The zero-order valence-electron chi connectivity index (χ0n) is 11.4. The van der Waals surface area contributed by atoms with Gasteiger partial charge in [0.1, 0.15) is 11.9 Å². The molecule has 96 valence electrons. The first-order valence-corrected chi connectivity index (χ1v) is 6.67. The van der Waals surface area contributed by atoms with Crippen LogP contribution in [0, 0.1) is 17.2 Å². The van der Waals surface area contributed by atoms with E-state index >= 15 is 0 Å². The summed E-state index contributed by atoms with van der Waals surface area (Å²) in [5, 5.41) is 9.07. The average Bonchev–Trinajstić information content (AvgIpc) is 2.75. The third-order valence-corrected chi connectivity index (χ3v) is 3.61. The van der Waals surface area contributed by atoms with E-state index in [4.69, 9.17) is 10.00 Å². The highest BCUT2D eigenvalue weighted by Crippen LogP contribution is 2.31. The number of nitriles is 1. The van der Waals surface area contributed by atoms with Crippen LogP contribution < -0.4 is 4.74 Å². The summed E-state index contributed by atoms with van der Waals surface area (Å²) < 4.78 is 5.99. The van der Waals surface area contributed by atoms with Crippen molar-refractivity contribution in [3.63, 3.8) is 0 Å². The highest BCUT2D eigenvalue weighted by molar-refractivity contribution is 5.32.